The van der Waals surface area contributed by atoms with Gasteiger partial charge in [-0.1, -0.05) is 92.7 Å². The number of carboxylic acids is 1. The zero-order valence-corrected chi connectivity index (χ0v) is 57.3. The number of phenolic OH excluding ortho intramolecular Hbond substituents is 1. The molecular weight excluding hydrogens is 1310 g/mol. The third kappa shape index (κ3) is 25.6. The quantitative estimate of drug-likeness (QED) is 0.0153. The molecule has 31 heteroatoms. The van der Waals surface area contributed by atoms with Gasteiger partial charge in [0.05, 0.1) is 26.4 Å². The summed E-state index contributed by atoms with van der Waals surface area (Å²) in [5.41, 5.74) is 19.2. The van der Waals surface area contributed by atoms with Crippen LogP contribution in [0.2, 0.25) is 0 Å². The fraction of sp³-hybridized carbons (Fsp3) is 0.429. The number of rotatable bonds is 34. The molecule has 101 heavy (non-hydrogen) atoms. The van der Waals surface area contributed by atoms with Crippen LogP contribution in [0.3, 0.4) is 0 Å². The number of phenols is 1. The van der Waals surface area contributed by atoms with Crippen molar-refractivity contribution in [3.8, 4) is 5.75 Å². The number of aliphatic carboxylic acids is 1. The third-order valence-corrected chi connectivity index (χ3v) is 15.9. The summed E-state index contributed by atoms with van der Waals surface area (Å²) in [6.07, 6.45) is 2.61. The van der Waals surface area contributed by atoms with Gasteiger partial charge in [0.15, 0.2) is 5.96 Å². The van der Waals surface area contributed by atoms with Crippen LogP contribution in [0.4, 0.5) is 4.79 Å². The summed E-state index contributed by atoms with van der Waals surface area (Å²) >= 11 is 0. The molecule has 1 aliphatic rings. The topological polar surface area (TPSA) is 488 Å². The van der Waals surface area contributed by atoms with Crippen molar-refractivity contribution in [2.45, 2.75) is 153 Å². The van der Waals surface area contributed by atoms with E-state index < -0.39 is 132 Å². The molecule has 0 bridgehead atoms. The molecular formula is C70H93N15O16. The molecule has 4 aromatic carbocycles. The lowest BCUT2D eigenvalue weighted by Crippen LogP contribution is -2.61. The molecule has 6 aromatic rings. The standard InChI is InChI=1S/C68H89N15O14.C2H4O2/c1-39(2)29-50(58(87)76-49(21-13-27-72-66(70)71)65(94)83-28-14-22-56(83)64(93)75-35-57(69)86)77-60(89)52(31-42-33-73-47-19-11-9-17-45(42)47)79-59(88)51(30-40-23-25-44(85)26-24-40)78-62(91)54(36-84)81-61(90)53(32-43-34-74-48-20-12-10-18-46(43)48)80-63(92)55(82-67(95)97-68(3,4)5)38-96-37-41-15-7-6-8-16-41;1-2(3)4/h6-12,15-20,23-26,33-34,39,49-56,73-74,84-85H,13-14,21-22,27-32,35-38H2,1-5H3,(H2,69,86)(H,75,93)(H,76,87)(H,77,89)(H,78,91)(H,79,88)(H,80,92)(H,81,90)(H,82,95)(H4,70,71,72);1H3,(H,3,4)/t49-,50-,51-,52+,53-,54-,55-,56-;/m0./s1. The second-order valence-electron chi connectivity index (χ2n) is 25.7. The Hall–Kier alpha value is -11.1. The van der Waals surface area contributed by atoms with Crippen LogP contribution in [-0.4, -0.2) is 188 Å². The first kappa shape index (κ1) is 78.9. The van der Waals surface area contributed by atoms with Gasteiger partial charge in [0.1, 0.15) is 59.7 Å². The van der Waals surface area contributed by atoms with E-state index in [-0.39, 0.29) is 88.9 Å². The summed E-state index contributed by atoms with van der Waals surface area (Å²) in [6, 6.07) is 17.7. The van der Waals surface area contributed by atoms with Gasteiger partial charge in [-0.25, -0.2) is 4.79 Å². The molecule has 8 atom stereocenters. The van der Waals surface area contributed by atoms with E-state index in [1.807, 2.05) is 42.5 Å². The number of carbonyl (C=O) groups excluding carboxylic acids is 10. The number of aliphatic hydroxyl groups is 1. The number of aromatic hydroxyl groups is 1. The minimum absolute atomic E-state index is 0.00650. The molecule has 0 spiro atoms. The number of aliphatic hydroxyl groups excluding tert-OH is 1. The van der Waals surface area contributed by atoms with E-state index >= 15 is 9.59 Å². The van der Waals surface area contributed by atoms with Crippen LogP contribution < -0.4 is 59.7 Å². The van der Waals surface area contributed by atoms with Crippen LogP contribution in [0.15, 0.2) is 121 Å². The van der Waals surface area contributed by atoms with Gasteiger partial charge in [-0.15, -0.1) is 0 Å². The number of nitrogens with two attached hydrogens (primary N) is 3. The van der Waals surface area contributed by atoms with Crippen molar-refractivity contribution < 1.29 is 77.5 Å². The fourth-order valence-corrected chi connectivity index (χ4v) is 11.1. The largest absolute Gasteiger partial charge is 0.508 e. The number of para-hydroxylation sites is 2. The molecule has 3 heterocycles. The van der Waals surface area contributed by atoms with Gasteiger partial charge in [0.2, 0.25) is 53.2 Å². The Morgan fingerprint density at radius 1 is 0.624 bits per heavy atom. The van der Waals surface area contributed by atoms with E-state index in [9.17, 15) is 48.6 Å². The number of hydrogen-bond acceptors (Lipinski definition) is 16. The number of aromatic nitrogens is 2. The highest BCUT2D eigenvalue weighted by atomic mass is 16.6. The Morgan fingerprint density at radius 2 is 1.11 bits per heavy atom. The Labute approximate surface area is 583 Å². The highest BCUT2D eigenvalue weighted by Gasteiger charge is 2.40. The zero-order valence-electron chi connectivity index (χ0n) is 57.3. The fourth-order valence-electron chi connectivity index (χ4n) is 11.1. The number of fused-ring (bicyclic) bond motifs is 2. The van der Waals surface area contributed by atoms with E-state index in [0.29, 0.717) is 44.9 Å². The van der Waals surface area contributed by atoms with E-state index in [4.69, 9.17) is 36.6 Å². The first-order valence-electron chi connectivity index (χ1n) is 33.0. The monoisotopic (exact) mass is 1400 g/mol. The third-order valence-electron chi connectivity index (χ3n) is 15.9. The normalized spacial score (nSPS) is 14.8. The molecule has 2 aromatic heterocycles. The van der Waals surface area contributed by atoms with Gasteiger partial charge in [0.25, 0.3) is 5.97 Å². The second kappa shape index (κ2) is 38.3. The van der Waals surface area contributed by atoms with Gasteiger partial charge < -0.3 is 99.4 Å². The molecule has 0 aliphatic carbocycles. The van der Waals surface area contributed by atoms with Crippen molar-refractivity contribution in [1.82, 2.24) is 57.4 Å². The van der Waals surface area contributed by atoms with Gasteiger partial charge in [0, 0.05) is 73.5 Å². The van der Waals surface area contributed by atoms with E-state index in [2.05, 4.69) is 57.5 Å². The predicted molar refractivity (Wildman–Crippen MR) is 373 cm³/mol. The average Bonchev–Trinajstić information content (AvgIpc) is 1.75. The highest BCUT2D eigenvalue weighted by Crippen LogP contribution is 2.24. The molecule has 10 amide bonds. The number of guanidine groups is 1. The van der Waals surface area contributed by atoms with Crippen molar-refractivity contribution in [1.29, 1.82) is 0 Å². The summed E-state index contributed by atoms with van der Waals surface area (Å²) in [4.78, 5) is 162. The lowest BCUT2D eigenvalue weighted by Gasteiger charge is -2.30. The summed E-state index contributed by atoms with van der Waals surface area (Å²) in [6.45, 7) is 8.04. The molecule has 1 fully saturated rings. The van der Waals surface area contributed by atoms with Crippen LogP contribution in [0, 0.1) is 5.92 Å². The number of alkyl carbamates (subject to hydrolysis) is 1. The van der Waals surface area contributed by atoms with Crippen LogP contribution in [0.5, 0.6) is 5.75 Å². The molecule has 19 N–H and O–H groups in total. The first-order chi connectivity index (χ1) is 48.0. The summed E-state index contributed by atoms with van der Waals surface area (Å²) < 4.78 is 11.4. The number of nitrogens with zero attached hydrogens (tertiary/aromatic N) is 2. The lowest BCUT2D eigenvalue weighted by atomic mass is 9.99. The first-order valence-corrected chi connectivity index (χ1v) is 33.0. The number of aromatic amines is 2. The van der Waals surface area contributed by atoms with Gasteiger partial charge in [-0.3, -0.25) is 52.9 Å². The number of carboxylic acid groups (broad SMARTS) is 1. The Balaban J connectivity index is 0.00000390. The maximum absolute atomic E-state index is 15.1. The number of amides is 10. The Bertz CT molecular complexity index is 3850. The molecule has 0 radical (unpaired) electrons. The summed E-state index contributed by atoms with van der Waals surface area (Å²) in [7, 11) is 0. The predicted octanol–water partition coefficient (Wildman–Crippen LogP) is 1.18. The number of H-pyrrole nitrogens is 2. The number of aliphatic imine (C=N–C) groups is 1. The second-order valence-corrected chi connectivity index (χ2v) is 25.7. The number of hydrogen-bond donors (Lipinski definition) is 16. The minimum Gasteiger partial charge on any atom is -0.508 e. The molecule has 0 saturated carbocycles. The van der Waals surface area contributed by atoms with Crippen molar-refractivity contribution >= 4 is 93.0 Å². The van der Waals surface area contributed by atoms with E-state index in [1.165, 1.54) is 29.2 Å². The number of primary amides is 1. The van der Waals surface area contributed by atoms with Crippen LogP contribution >= 0.6 is 0 Å². The molecule has 1 saturated heterocycles. The maximum atomic E-state index is 15.1. The van der Waals surface area contributed by atoms with E-state index in [0.717, 1.165) is 12.5 Å². The number of ether oxygens (including phenoxy) is 2. The molecule has 0 unspecified atom stereocenters. The Kier molecular flexibility index (Phi) is 29.9. The maximum Gasteiger partial charge on any atom is 0.408 e. The number of benzene rings is 4. The molecule has 544 valence electrons. The van der Waals surface area contributed by atoms with E-state index in [1.54, 1.807) is 83.4 Å². The molecule has 7 rings (SSSR count). The van der Waals surface area contributed by atoms with Crippen LogP contribution in [0.1, 0.15) is 95.9 Å². The minimum atomic E-state index is -1.80. The van der Waals surface area contributed by atoms with Gasteiger partial charge >= 0.3 is 6.09 Å². The van der Waals surface area contributed by atoms with Crippen molar-refractivity contribution in [2.24, 2.45) is 28.1 Å². The van der Waals surface area contributed by atoms with Gasteiger partial charge in [-0.05, 0) is 105 Å². The van der Waals surface area contributed by atoms with Gasteiger partial charge in [-0.2, -0.15) is 0 Å². The van der Waals surface area contributed by atoms with Crippen LogP contribution in [0.25, 0.3) is 21.8 Å². The molecule has 1 aliphatic heterocycles. The SMILES string of the molecule is CC(=O)O.CC(C)C[C@H](NC(=O)[C@@H](Cc1c[nH]c2ccccc12)NC(=O)[C@H](Cc1ccc(O)cc1)NC(=O)[C@H](CO)NC(=O)[C@H](Cc1c[nH]c2ccccc12)NC(=O)[C@H](COCc1ccccc1)NC(=O)OC(C)(C)C)C(=O)N[C@@H](CCCN=C(N)N)C(=O)N1CCC[C@H]1C(=O)NCC(N)=O. The van der Waals surface area contributed by atoms with Crippen molar-refractivity contribution in [3.63, 3.8) is 0 Å². The van der Waals surface area contributed by atoms with Crippen LogP contribution in [-0.2, 0) is 83.3 Å². The number of likely N-dealkylation sites (tertiary alicyclic amines) is 1. The summed E-state index contributed by atoms with van der Waals surface area (Å²) in [5, 5.41) is 51.3. The van der Waals surface area contributed by atoms with Crippen molar-refractivity contribution in [3.05, 3.63) is 138 Å². The average molecular weight is 1400 g/mol. The Morgan fingerprint density at radius 3 is 1.63 bits per heavy atom. The highest BCUT2D eigenvalue weighted by molar-refractivity contribution is 5.99. The number of carbonyl (C=O) groups is 11. The summed E-state index contributed by atoms with van der Waals surface area (Å²) in [5.74, 6) is -8.90. The molecule has 31 nitrogen and oxygen atoms in total. The van der Waals surface area contributed by atoms with Crippen molar-refractivity contribution in [2.75, 3.05) is 32.8 Å². The zero-order chi connectivity index (χ0) is 73.9. The smallest absolute Gasteiger partial charge is 0.408 e. The lowest BCUT2D eigenvalue weighted by molar-refractivity contribution is -0.142. The number of nitrogens with one attached hydrogen (secondary N) is 10.